The lowest BCUT2D eigenvalue weighted by atomic mass is 10.1. The Bertz CT molecular complexity index is 698. The van der Waals surface area contributed by atoms with E-state index in [9.17, 15) is 4.79 Å². The predicted octanol–water partition coefficient (Wildman–Crippen LogP) is 2.06. The van der Waals surface area contributed by atoms with Gasteiger partial charge in [0, 0.05) is 32.4 Å². The van der Waals surface area contributed by atoms with Crippen molar-refractivity contribution in [2.45, 2.75) is 0 Å². The van der Waals surface area contributed by atoms with Crippen LogP contribution >= 0.6 is 0 Å². The summed E-state index contributed by atoms with van der Waals surface area (Å²) in [6.07, 6.45) is 1.79. The molecule has 126 valence electrons. The quantitative estimate of drug-likeness (QED) is 0.860. The molecule has 0 saturated carbocycles. The van der Waals surface area contributed by atoms with Crippen LogP contribution in [0.1, 0.15) is 10.4 Å². The number of para-hydroxylation sites is 1. The fraction of sp³-hybridized carbons (Fsp3) is 0.333. The number of ether oxygens (including phenoxy) is 2. The van der Waals surface area contributed by atoms with Crippen molar-refractivity contribution >= 4 is 11.7 Å². The van der Waals surface area contributed by atoms with Crippen molar-refractivity contribution < 1.29 is 14.3 Å². The minimum atomic E-state index is -0.0357. The summed E-state index contributed by atoms with van der Waals surface area (Å²) in [4.78, 5) is 21.2. The van der Waals surface area contributed by atoms with Gasteiger partial charge in [-0.15, -0.1) is 0 Å². The summed E-state index contributed by atoms with van der Waals surface area (Å²) in [5, 5.41) is 0. The minimum Gasteiger partial charge on any atom is -0.493 e. The number of methoxy groups -OCH3 is 2. The Labute approximate surface area is 141 Å². The van der Waals surface area contributed by atoms with Gasteiger partial charge in [-0.05, 0) is 24.3 Å². The van der Waals surface area contributed by atoms with E-state index in [1.54, 1.807) is 38.6 Å². The third-order valence-corrected chi connectivity index (χ3v) is 4.17. The lowest BCUT2D eigenvalue weighted by molar-refractivity contribution is 0.0742. The summed E-state index contributed by atoms with van der Waals surface area (Å²) in [6, 6.07) is 11.2. The monoisotopic (exact) mass is 327 g/mol. The summed E-state index contributed by atoms with van der Waals surface area (Å²) in [5.41, 5.74) is 0.531. The van der Waals surface area contributed by atoms with E-state index >= 15 is 0 Å². The zero-order chi connectivity index (χ0) is 16.9. The van der Waals surface area contributed by atoms with Crippen molar-refractivity contribution in [3.63, 3.8) is 0 Å². The minimum absolute atomic E-state index is 0.0357. The van der Waals surface area contributed by atoms with Crippen LogP contribution < -0.4 is 14.4 Å². The number of amides is 1. The summed E-state index contributed by atoms with van der Waals surface area (Å²) in [5.74, 6) is 1.96. The van der Waals surface area contributed by atoms with Crippen LogP contribution in [0.4, 0.5) is 5.82 Å². The topological polar surface area (TPSA) is 54.9 Å². The van der Waals surface area contributed by atoms with Crippen molar-refractivity contribution in [2.75, 3.05) is 45.3 Å². The SMILES string of the molecule is COc1cccc(C(=O)N2CCN(c3ccccn3)CC2)c1OC. The van der Waals surface area contributed by atoms with Gasteiger partial charge in [-0.2, -0.15) is 0 Å². The molecule has 0 atom stereocenters. The molecule has 6 nitrogen and oxygen atoms in total. The van der Waals surface area contributed by atoms with Crippen LogP contribution in [0.2, 0.25) is 0 Å². The second-order valence-corrected chi connectivity index (χ2v) is 5.51. The van der Waals surface area contributed by atoms with E-state index in [1.807, 2.05) is 23.1 Å². The van der Waals surface area contributed by atoms with Crippen molar-refractivity contribution in [3.8, 4) is 11.5 Å². The summed E-state index contributed by atoms with van der Waals surface area (Å²) >= 11 is 0. The zero-order valence-electron chi connectivity index (χ0n) is 13.9. The highest BCUT2D eigenvalue weighted by atomic mass is 16.5. The van der Waals surface area contributed by atoms with Gasteiger partial charge in [0.05, 0.1) is 19.8 Å². The molecule has 1 amide bonds. The molecular formula is C18H21N3O3. The maximum atomic E-state index is 12.8. The first-order valence-corrected chi connectivity index (χ1v) is 7.91. The van der Waals surface area contributed by atoms with Crippen molar-refractivity contribution in [1.82, 2.24) is 9.88 Å². The molecule has 1 fully saturated rings. The Kier molecular flexibility index (Phi) is 4.84. The van der Waals surface area contributed by atoms with Crippen molar-refractivity contribution in [2.24, 2.45) is 0 Å². The van der Waals surface area contributed by atoms with Gasteiger partial charge in [-0.1, -0.05) is 12.1 Å². The molecule has 0 radical (unpaired) electrons. The molecule has 0 N–H and O–H groups in total. The van der Waals surface area contributed by atoms with E-state index in [-0.39, 0.29) is 5.91 Å². The Morgan fingerprint density at radius 3 is 2.42 bits per heavy atom. The Morgan fingerprint density at radius 1 is 1.00 bits per heavy atom. The van der Waals surface area contributed by atoms with Gasteiger partial charge in [0.1, 0.15) is 5.82 Å². The molecule has 0 bridgehead atoms. The summed E-state index contributed by atoms with van der Waals surface area (Å²) in [6.45, 7) is 2.82. The van der Waals surface area contributed by atoms with E-state index in [2.05, 4.69) is 9.88 Å². The molecule has 24 heavy (non-hydrogen) atoms. The molecule has 1 aliphatic rings. The number of piperazine rings is 1. The first kappa shape index (κ1) is 16.1. The lowest BCUT2D eigenvalue weighted by Gasteiger charge is -2.35. The van der Waals surface area contributed by atoms with Gasteiger partial charge in [-0.3, -0.25) is 4.79 Å². The summed E-state index contributed by atoms with van der Waals surface area (Å²) < 4.78 is 10.7. The van der Waals surface area contributed by atoms with Crippen LogP contribution in [0.25, 0.3) is 0 Å². The van der Waals surface area contributed by atoms with E-state index in [4.69, 9.17) is 9.47 Å². The van der Waals surface area contributed by atoms with Crippen LogP contribution in [0.3, 0.4) is 0 Å². The number of benzene rings is 1. The highest BCUT2D eigenvalue weighted by Gasteiger charge is 2.25. The molecular weight excluding hydrogens is 306 g/mol. The van der Waals surface area contributed by atoms with Crippen molar-refractivity contribution in [1.29, 1.82) is 0 Å². The maximum Gasteiger partial charge on any atom is 0.257 e. The number of nitrogens with zero attached hydrogens (tertiary/aromatic N) is 3. The van der Waals surface area contributed by atoms with E-state index < -0.39 is 0 Å². The standard InChI is InChI=1S/C18H21N3O3/c1-23-15-7-5-6-14(17(15)24-2)18(22)21-12-10-20(11-13-21)16-8-3-4-9-19-16/h3-9H,10-13H2,1-2H3. The van der Waals surface area contributed by atoms with Crippen LogP contribution in [-0.4, -0.2) is 56.2 Å². The first-order valence-electron chi connectivity index (χ1n) is 7.91. The third-order valence-electron chi connectivity index (χ3n) is 4.17. The Morgan fingerprint density at radius 2 is 1.79 bits per heavy atom. The van der Waals surface area contributed by atoms with Gasteiger partial charge in [0.25, 0.3) is 5.91 Å². The van der Waals surface area contributed by atoms with Gasteiger partial charge < -0.3 is 19.3 Å². The Hall–Kier alpha value is -2.76. The summed E-state index contributed by atoms with van der Waals surface area (Å²) in [7, 11) is 3.12. The molecule has 2 aromatic rings. The van der Waals surface area contributed by atoms with E-state index in [1.165, 1.54) is 0 Å². The van der Waals surface area contributed by atoms with Crippen LogP contribution in [0.5, 0.6) is 11.5 Å². The number of carbonyl (C=O) groups is 1. The highest BCUT2D eigenvalue weighted by Crippen LogP contribution is 2.31. The van der Waals surface area contributed by atoms with Gasteiger partial charge in [-0.25, -0.2) is 4.98 Å². The smallest absolute Gasteiger partial charge is 0.257 e. The number of carbonyl (C=O) groups excluding carboxylic acids is 1. The molecule has 3 rings (SSSR count). The molecule has 6 heteroatoms. The molecule has 0 spiro atoms. The third kappa shape index (κ3) is 3.13. The molecule has 0 unspecified atom stereocenters. The average molecular weight is 327 g/mol. The van der Waals surface area contributed by atoms with Gasteiger partial charge in [0.2, 0.25) is 0 Å². The maximum absolute atomic E-state index is 12.8. The number of anilines is 1. The first-order chi connectivity index (χ1) is 11.7. The highest BCUT2D eigenvalue weighted by molar-refractivity contribution is 5.98. The van der Waals surface area contributed by atoms with Crippen LogP contribution in [0, 0.1) is 0 Å². The lowest BCUT2D eigenvalue weighted by Crippen LogP contribution is -2.49. The Balaban J connectivity index is 1.72. The second kappa shape index (κ2) is 7.21. The zero-order valence-corrected chi connectivity index (χ0v) is 13.9. The van der Waals surface area contributed by atoms with Gasteiger partial charge in [0.15, 0.2) is 11.5 Å². The molecule has 1 aromatic carbocycles. The van der Waals surface area contributed by atoms with Crippen molar-refractivity contribution in [3.05, 3.63) is 48.2 Å². The van der Waals surface area contributed by atoms with E-state index in [0.717, 1.165) is 18.9 Å². The van der Waals surface area contributed by atoms with Gasteiger partial charge >= 0.3 is 0 Å². The molecule has 1 aromatic heterocycles. The fourth-order valence-corrected chi connectivity index (χ4v) is 2.91. The largest absolute Gasteiger partial charge is 0.493 e. The number of hydrogen-bond acceptors (Lipinski definition) is 5. The average Bonchev–Trinajstić information content (AvgIpc) is 2.67. The number of aromatic nitrogens is 1. The predicted molar refractivity (Wildman–Crippen MR) is 91.9 cm³/mol. The fourth-order valence-electron chi connectivity index (χ4n) is 2.91. The number of rotatable bonds is 4. The number of hydrogen-bond donors (Lipinski definition) is 0. The number of pyridine rings is 1. The molecule has 2 heterocycles. The van der Waals surface area contributed by atoms with E-state index in [0.29, 0.717) is 30.2 Å². The molecule has 1 aliphatic heterocycles. The van der Waals surface area contributed by atoms with Crippen LogP contribution in [-0.2, 0) is 0 Å². The molecule has 1 saturated heterocycles. The second-order valence-electron chi connectivity index (χ2n) is 5.51. The van der Waals surface area contributed by atoms with Crippen LogP contribution in [0.15, 0.2) is 42.6 Å². The normalized spacial score (nSPS) is 14.4. The molecule has 0 aliphatic carbocycles.